The van der Waals surface area contributed by atoms with Crippen LogP contribution in [0.25, 0.3) is 0 Å². The number of carbonyl (C=O) groups is 1. The van der Waals surface area contributed by atoms with Crippen LogP contribution in [0.1, 0.15) is 31.1 Å². The third-order valence-electron chi connectivity index (χ3n) is 2.62. The molecule has 0 fully saturated rings. The van der Waals surface area contributed by atoms with E-state index >= 15 is 0 Å². The summed E-state index contributed by atoms with van der Waals surface area (Å²) < 4.78 is 0. The zero-order valence-corrected chi connectivity index (χ0v) is 11.2. The van der Waals surface area contributed by atoms with Gasteiger partial charge in [0, 0.05) is 11.3 Å². The van der Waals surface area contributed by atoms with Crippen molar-refractivity contribution in [1.82, 2.24) is 5.32 Å². The zero-order valence-electron chi connectivity index (χ0n) is 10.4. The van der Waals surface area contributed by atoms with E-state index < -0.39 is 0 Å². The van der Waals surface area contributed by atoms with Crippen molar-refractivity contribution < 1.29 is 10.0 Å². The lowest BCUT2D eigenvalue weighted by Crippen LogP contribution is -2.44. The second-order valence-corrected chi connectivity index (χ2v) is 5.02. The lowest BCUT2D eigenvalue weighted by Gasteiger charge is -2.15. The molecule has 0 aliphatic heterocycles. The Labute approximate surface area is 111 Å². The highest BCUT2D eigenvalue weighted by atomic mass is 32.1. The second-order valence-electron chi connectivity index (χ2n) is 3.99. The van der Waals surface area contributed by atoms with Gasteiger partial charge in [-0.25, -0.2) is 0 Å². The number of carbonyl (C=O) groups excluding carboxylic acids is 1. The quantitative estimate of drug-likeness (QED) is 0.305. The van der Waals surface area contributed by atoms with Crippen molar-refractivity contribution >= 4 is 23.1 Å². The van der Waals surface area contributed by atoms with Crippen LogP contribution in [-0.2, 0) is 11.2 Å². The summed E-state index contributed by atoms with van der Waals surface area (Å²) in [5.74, 6) is -0.0193. The van der Waals surface area contributed by atoms with Crippen LogP contribution in [0.2, 0.25) is 0 Å². The van der Waals surface area contributed by atoms with Gasteiger partial charge in [-0.15, -0.1) is 11.3 Å². The molecular formula is C12H19N3O2S. The Kier molecular flexibility index (Phi) is 6.21. The smallest absolute Gasteiger partial charge is 0.220 e. The van der Waals surface area contributed by atoms with Crippen molar-refractivity contribution in [2.75, 3.05) is 0 Å². The number of amides is 1. The maximum atomic E-state index is 11.7. The predicted octanol–water partition coefficient (Wildman–Crippen LogP) is 1.71. The summed E-state index contributed by atoms with van der Waals surface area (Å²) in [6.07, 6.45) is 2.77. The van der Waals surface area contributed by atoms with Gasteiger partial charge in [-0.05, 0) is 30.7 Å². The van der Waals surface area contributed by atoms with E-state index in [-0.39, 0.29) is 17.8 Å². The fraction of sp³-hybridized carbons (Fsp3) is 0.500. The van der Waals surface area contributed by atoms with Crippen molar-refractivity contribution in [2.45, 2.75) is 38.6 Å². The van der Waals surface area contributed by atoms with Crippen LogP contribution in [0.15, 0.2) is 22.7 Å². The first-order valence-corrected chi connectivity index (χ1v) is 6.84. The fourth-order valence-electron chi connectivity index (χ4n) is 1.60. The Morgan fingerprint density at radius 3 is 3.00 bits per heavy atom. The average Bonchev–Trinajstić information content (AvgIpc) is 2.88. The number of hydrogen-bond acceptors (Lipinski definition) is 4. The largest absolute Gasteiger partial charge is 0.409 e. The summed E-state index contributed by atoms with van der Waals surface area (Å²) in [5, 5.41) is 16.3. The predicted molar refractivity (Wildman–Crippen MR) is 72.9 cm³/mol. The third kappa shape index (κ3) is 4.75. The molecule has 4 N–H and O–H groups in total. The van der Waals surface area contributed by atoms with E-state index in [1.807, 2.05) is 18.4 Å². The SMILES string of the molecule is CCC(NC(=O)CCCc1cccs1)/C(N)=N/O. The highest BCUT2D eigenvalue weighted by molar-refractivity contribution is 7.09. The molecular weight excluding hydrogens is 250 g/mol. The molecule has 1 aromatic heterocycles. The van der Waals surface area contributed by atoms with E-state index in [0.29, 0.717) is 12.8 Å². The molecule has 100 valence electrons. The van der Waals surface area contributed by atoms with Crippen molar-refractivity contribution in [1.29, 1.82) is 0 Å². The Hall–Kier alpha value is -1.56. The number of nitrogens with one attached hydrogen (secondary N) is 1. The minimum Gasteiger partial charge on any atom is -0.409 e. The molecule has 0 aliphatic carbocycles. The second kappa shape index (κ2) is 7.71. The summed E-state index contributed by atoms with van der Waals surface area (Å²) in [6, 6.07) is 3.68. The summed E-state index contributed by atoms with van der Waals surface area (Å²) in [5.41, 5.74) is 5.47. The first-order chi connectivity index (χ1) is 8.67. The average molecular weight is 269 g/mol. The Bertz CT molecular complexity index is 390. The summed E-state index contributed by atoms with van der Waals surface area (Å²) in [7, 11) is 0. The molecule has 6 heteroatoms. The first-order valence-electron chi connectivity index (χ1n) is 5.96. The van der Waals surface area contributed by atoms with Crippen molar-refractivity contribution in [3.8, 4) is 0 Å². The van der Waals surface area contributed by atoms with Crippen LogP contribution in [0, 0.1) is 0 Å². The zero-order chi connectivity index (χ0) is 13.4. The van der Waals surface area contributed by atoms with E-state index in [2.05, 4.69) is 16.5 Å². The number of nitrogens with two attached hydrogens (primary N) is 1. The fourth-order valence-corrected chi connectivity index (χ4v) is 2.35. The van der Waals surface area contributed by atoms with Crippen LogP contribution in [-0.4, -0.2) is 23.0 Å². The number of hydrogen-bond donors (Lipinski definition) is 3. The Morgan fingerprint density at radius 2 is 2.44 bits per heavy atom. The standard InChI is InChI=1S/C12H19N3O2S/c1-2-10(12(13)15-17)14-11(16)7-3-5-9-6-4-8-18-9/h4,6,8,10,17H,2-3,5,7H2,1H3,(H2,13,15)(H,14,16). The maximum absolute atomic E-state index is 11.7. The minimum atomic E-state index is -0.385. The van der Waals surface area contributed by atoms with Gasteiger partial charge in [0.05, 0.1) is 6.04 Å². The van der Waals surface area contributed by atoms with E-state index in [1.165, 1.54) is 4.88 Å². The molecule has 1 rings (SSSR count). The van der Waals surface area contributed by atoms with Crippen LogP contribution >= 0.6 is 11.3 Å². The van der Waals surface area contributed by atoms with Crippen LogP contribution in [0.3, 0.4) is 0 Å². The van der Waals surface area contributed by atoms with Gasteiger partial charge in [-0.2, -0.15) is 0 Å². The molecule has 0 bridgehead atoms. The van der Waals surface area contributed by atoms with E-state index in [4.69, 9.17) is 10.9 Å². The molecule has 5 nitrogen and oxygen atoms in total. The molecule has 1 unspecified atom stereocenters. The van der Waals surface area contributed by atoms with Crippen molar-refractivity contribution in [2.24, 2.45) is 10.9 Å². The number of aryl methyl sites for hydroxylation is 1. The van der Waals surface area contributed by atoms with Gasteiger partial charge in [-0.1, -0.05) is 18.1 Å². The monoisotopic (exact) mass is 269 g/mol. The normalized spacial score (nSPS) is 13.3. The van der Waals surface area contributed by atoms with Gasteiger partial charge in [-0.3, -0.25) is 4.79 Å². The molecule has 1 aromatic rings. The highest BCUT2D eigenvalue weighted by Gasteiger charge is 2.14. The van der Waals surface area contributed by atoms with Gasteiger partial charge in [0.25, 0.3) is 0 Å². The Morgan fingerprint density at radius 1 is 1.67 bits per heavy atom. The van der Waals surface area contributed by atoms with Crippen molar-refractivity contribution in [3.63, 3.8) is 0 Å². The molecule has 1 amide bonds. The molecule has 0 aromatic carbocycles. The van der Waals surface area contributed by atoms with Gasteiger partial charge in [0.1, 0.15) is 0 Å². The van der Waals surface area contributed by atoms with Crippen molar-refractivity contribution in [3.05, 3.63) is 22.4 Å². The van der Waals surface area contributed by atoms with Gasteiger partial charge in [0.2, 0.25) is 5.91 Å². The molecule has 0 radical (unpaired) electrons. The minimum absolute atomic E-state index is 0.0455. The maximum Gasteiger partial charge on any atom is 0.220 e. The molecule has 1 atom stereocenters. The van der Waals surface area contributed by atoms with E-state index in [0.717, 1.165) is 12.8 Å². The lowest BCUT2D eigenvalue weighted by atomic mass is 10.1. The molecule has 0 spiro atoms. The van der Waals surface area contributed by atoms with E-state index in [1.54, 1.807) is 11.3 Å². The van der Waals surface area contributed by atoms with Gasteiger partial charge < -0.3 is 16.3 Å². The number of amidine groups is 1. The molecule has 0 aliphatic rings. The van der Waals surface area contributed by atoms with Crippen LogP contribution < -0.4 is 11.1 Å². The summed E-state index contributed by atoms with van der Waals surface area (Å²) in [6.45, 7) is 1.87. The van der Waals surface area contributed by atoms with Gasteiger partial charge >= 0.3 is 0 Å². The first kappa shape index (κ1) is 14.5. The lowest BCUT2D eigenvalue weighted by molar-refractivity contribution is -0.121. The molecule has 18 heavy (non-hydrogen) atoms. The number of rotatable bonds is 7. The summed E-state index contributed by atoms with van der Waals surface area (Å²) in [4.78, 5) is 12.9. The summed E-state index contributed by atoms with van der Waals surface area (Å²) >= 11 is 1.70. The Balaban J connectivity index is 2.28. The molecule has 0 saturated heterocycles. The number of oxime groups is 1. The third-order valence-corrected chi connectivity index (χ3v) is 3.56. The molecule has 0 saturated carbocycles. The molecule has 1 heterocycles. The van der Waals surface area contributed by atoms with Crippen LogP contribution in [0.5, 0.6) is 0 Å². The topological polar surface area (TPSA) is 87.7 Å². The van der Waals surface area contributed by atoms with Crippen LogP contribution in [0.4, 0.5) is 0 Å². The van der Waals surface area contributed by atoms with E-state index in [9.17, 15) is 4.79 Å². The van der Waals surface area contributed by atoms with Gasteiger partial charge in [0.15, 0.2) is 5.84 Å². The number of nitrogens with zero attached hydrogens (tertiary/aromatic N) is 1. The number of thiophene rings is 1. The highest BCUT2D eigenvalue weighted by Crippen LogP contribution is 2.11.